The Morgan fingerprint density at radius 1 is 0.840 bits per heavy atom. The molecule has 0 aromatic heterocycles. The minimum absolute atomic E-state index is 0.284. The van der Waals surface area contributed by atoms with E-state index in [4.69, 9.17) is 4.74 Å². The largest absolute Gasteiger partial charge is 0.489 e. The van der Waals surface area contributed by atoms with Gasteiger partial charge in [-0.15, -0.1) is 12.6 Å². The maximum absolute atomic E-state index is 5.78. The lowest BCUT2D eigenvalue weighted by atomic mass is 9.78. The van der Waals surface area contributed by atoms with Crippen LogP contribution in [0.25, 0.3) is 0 Å². The van der Waals surface area contributed by atoms with Gasteiger partial charge in [0, 0.05) is 4.90 Å². The van der Waals surface area contributed by atoms with Crippen LogP contribution in [-0.2, 0) is 6.61 Å². The van der Waals surface area contributed by atoms with E-state index in [0.717, 1.165) is 10.6 Å². The summed E-state index contributed by atoms with van der Waals surface area (Å²) in [5, 5.41) is 0. The van der Waals surface area contributed by atoms with Crippen LogP contribution in [0.4, 0.5) is 0 Å². The van der Waals surface area contributed by atoms with Crippen LogP contribution in [0.5, 0.6) is 5.75 Å². The van der Waals surface area contributed by atoms with Crippen molar-refractivity contribution in [1.82, 2.24) is 0 Å². The van der Waals surface area contributed by atoms with Crippen LogP contribution in [0.15, 0.2) is 53.4 Å². The molecule has 0 radical (unpaired) electrons. The van der Waals surface area contributed by atoms with Crippen molar-refractivity contribution in [2.75, 3.05) is 0 Å². The average molecular weight is 361 g/mol. The fourth-order valence-corrected chi connectivity index (χ4v) is 2.26. The number of ether oxygens (including phenoxy) is 1. The molecular formula is C23H36OS. The molecule has 2 aromatic rings. The van der Waals surface area contributed by atoms with Crippen LogP contribution in [0.2, 0.25) is 0 Å². The molecule has 0 bridgehead atoms. The van der Waals surface area contributed by atoms with Crippen LogP contribution in [0, 0.1) is 5.41 Å². The lowest BCUT2D eigenvalue weighted by Crippen LogP contribution is -2.15. The highest BCUT2D eigenvalue weighted by Gasteiger charge is 2.21. The molecule has 2 rings (SSSR count). The Morgan fingerprint density at radius 3 is 1.76 bits per heavy atom. The summed E-state index contributed by atoms with van der Waals surface area (Å²) in [4.78, 5) is 0.947. The maximum atomic E-state index is 5.78. The first-order valence-electron chi connectivity index (χ1n) is 9.37. The third-order valence-electron chi connectivity index (χ3n) is 4.02. The quantitative estimate of drug-likeness (QED) is 0.548. The van der Waals surface area contributed by atoms with Crippen LogP contribution in [0.3, 0.4) is 0 Å². The van der Waals surface area contributed by atoms with E-state index in [1.807, 2.05) is 52.0 Å². The van der Waals surface area contributed by atoms with Crippen LogP contribution >= 0.6 is 12.6 Å². The van der Waals surface area contributed by atoms with Crippen LogP contribution < -0.4 is 4.74 Å². The summed E-state index contributed by atoms with van der Waals surface area (Å²) in [5.41, 5.74) is 2.85. The van der Waals surface area contributed by atoms with Crippen molar-refractivity contribution in [3.8, 4) is 5.75 Å². The van der Waals surface area contributed by atoms with Gasteiger partial charge in [-0.3, -0.25) is 0 Å². The van der Waals surface area contributed by atoms with Gasteiger partial charge in [-0.1, -0.05) is 79.7 Å². The first kappa shape index (κ1) is 23.6. The second-order valence-corrected chi connectivity index (χ2v) is 7.13. The molecule has 0 aliphatic carbocycles. The third kappa shape index (κ3) is 8.49. The molecule has 0 heterocycles. The van der Waals surface area contributed by atoms with Gasteiger partial charge in [0.1, 0.15) is 12.4 Å². The highest BCUT2D eigenvalue weighted by atomic mass is 32.1. The van der Waals surface area contributed by atoms with E-state index in [1.165, 1.54) is 11.1 Å². The van der Waals surface area contributed by atoms with Crippen molar-refractivity contribution in [1.29, 1.82) is 0 Å². The fraction of sp³-hybridized carbons (Fsp3) is 0.478. The van der Waals surface area contributed by atoms with Gasteiger partial charge in [-0.2, -0.15) is 0 Å². The lowest BCUT2D eigenvalue weighted by molar-refractivity contribution is 0.305. The molecule has 140 valence electrons. The predicted molar refractivity (Wildman–Crippen MR) is 115 cm³/mol. The number of hydrogen-bond donors (Lipinski definition) is 1. The molecule has 0 aliphatic rings. The van der Waals surface area contributed by atoms with Gasteiger partial charge < -0.3 is 4.74 Å². The molecule has 0 saturated carbocycles. The van der Waals surface area contributed by atoms with E-state index < -0.39 is 0 Å². The number of hydrogen-bond acceptors (Lipinski definition) is 2. The van der Waals surface area contributed by atoms with Gasteiger partial charge in [-0.25, -0.2) is 0 Å². The van der Waals surface area contributed by atoms with Crippen molar-refractivity contribution >= 4 is 12.6 Å². The molecule has 1 nitrogen and oxygen atoms in total. The monoisotopic (exact) mass is 360 g/mol. The minimum Gasteiger partial charge on any atom is -0.489 e. The number of rotatable bonds is 4. The summed E-state index contributed by atoms with van der Waals surface area (Å²) in [6, 6.07) is 16.5. The average Bonchev–Trinajstić information content (AvgIpc) is 2.64. The van der Waals surface area contributed by atoms with Gasteiger partial charge in [0.2, 0.25) is 0 Å². The van der Waals surface area contributed by atoms with Crippen molar-refractivity contribution in [2.45, 2.75) is 72.8 Å². The SMILES string of the molecule is CC.CC.CC(c1ccc(COc2ccc(S)cc2)cc1)C(C)(C)C. The minimum atomic E-state index is 0.284. The van der Waals surface area contributed by atoms with Gasteiger partial charge in [0.15, 0.2) is 0 Å². The van der Waals surface area contributed by atoms with E-state index in [-0.39, 0.29) is 5.41 Å². The smallest absolute Gasteiger partial charge is 0.119 e. The van der Waals surface area contributed by atoms with Crippen molar-refractivity contribution in [3.05, 3.63) is 59.7 Å². The second kappa shape index (κ2) is 12.0. The fourth-order valence-electron chi connectivity index (χ4n) is 2.11. The molecule has 2 aromatic carbocycles. The second-order valence-electron chi connectivity index (χ2n) is 6.61. The van der Waals surface area contributed by atoms with Crippen LogP contribution in [-0.4, -0.2) is 0 Å². The molecule has 0 saturated heterocycles. The van der Waals surface area contributed by atoms with Crippen molar-refractivity contribution < 1.29 is 4.74 Å². The Morgan fingerprint density at radius 2 is 1.32 bits per heavy atom. The van der Waals surface area contributed by atoms with E-state index in [1.54, 1.807) is 0 Å². The molecule has 0 aliphatic heterocycles. The summed E-state index contributed by atoms with van der Waals surface area (Å²) in [5.74, 6) is 1.41. The molecule has 0 spiro atoms. The molecule has 0 fully saturated rings. The summed E-state index contributed by atoms with van der Waals surface area (Å²) >= 11 is 4.27. The first-order valence-corrected chi connectivity index (χ1v) is 9.81. The predicted octanol–water partition coefficient (Wildman–Crippen LogP) is 7.76. The van der Waals surface area contributed by atoms with Crippen molar-refractivity contribution in [3.63, 3.8) is 0 Å². The normalized spacial score (nSPS) is 11.4. The third-order valence-corrected chi connectivity index (χ3v) is 4.32. The first-order chi connectivity index (χ1) is 11.9. The number of thiol groups is 1. The molecule has 0 amide bonds. The Balaban J connectivity index is 0.00000134. The van der Waals surface area contributed by atoms with E-state index in [2.05, 4.69) is 64.6 Å². The summed E-state index contributed by atoms with van der Waals surface area (Å²) in [7, 11) is 0. The standard InChI is InChI=1S/C19H24OS.2C2H6/c1-14(19(2,3)4)16-7-5-15(6-8-16)13-20-17-9-11-18(21)12-10-17;2*1-2/h5-12,14,21H,13H2,1-4H3;2*1-2H3. The highest BCUT2D eigenvalue weighted by molar-refractivity contribution is 7.80. The zero-order chi connectivity index (χ0) is 19.5. The van der Waals surface area contributed by atoms with Gasteiger partial charge in [0.25, 0.3) is 0 Å². The lowest BCUT2D eigenvalue weighted by Gasteiger charge is -2.27. The van der Waals surface area contributed by atoms with Gasteiger partial charge in [-0.05, 0) is 46.7 Å². The van der Waals surface area contributed by atoms with E-state index >= 15 is 0 Å². The summed E-state index contributed by atoms with van der Waals surface area (Å²) in [6.45, 7) is 17.7. The molecule has 0 N–H and O–H groups in total. The number of benzene rings is 2. The molecule has 2 heteroatoms. The Hall–Kier alpha value is -1.41. The zero-order valence-corrected chi connectivity index (χ0v) is 18.2. The molecule has 1 unspecified atom stereocenters. The van der Waals surface area contributed by atoms with Crippen molar-refractivity contribution in [2.24, 2.45) is 5.41 Å². The Bertz CT molecular complexity index is 565. The van der Waals surface area contributed by atoms with E-state index in [9.17, 15) is 0 Å². The van der Waals surface area contributed by atoms with Gasteiger partial charge >= 0.3 is 0 Å². The van der Waals surface area contributed by atoms with Gasteiger partial charge in [0.05, 0.1) is 0 Å². The summed E-state index contributed by atoms with van der Waals surface area (Å²) in [6.07, 6.45) is 0. The van der Waals surface area contributed by atoms with Crippen LogP contribution in [0.1, 0.15) is 72.4 Å². The zero-order valence-electron chi connectivity index (χ0n) is 17.3. The maximum Gasteiger partial charge on any atom is 0.119 e. The topological polar surface area (TPSA) is 9.23 Å². The molecule has 1 atom stereocenters. The Labute approximate surface area is 161 Å². The van der Waals surface area contributed by atoms with E-state index in [0.29, 0.717) is 12.5 Å². The highest BCUT2D eigenvalue weighted by Crippen LogP contribution is 2.34. The Kier molecular flexibility index (Phi) is 11.3. The molecule has 25 heavy (non-hydrogen) atoms. The molecular weight excluding hydrogens is 324 g/mol. The summed E-state index contributed by atoms with van der Waals surface area (Å²) < 4.78 is 5.78.